The standard InChI is InChI=1S/C19H25N3O5/c1-12(2)19(27)22-9-7-14(8-10-22)18(26)21-15-5-3-13(4-6-15)17(25)20-11-16(23)24/h3-6,12,14H,7-11H2,1-2H3,(H,20,25)(H,21,26)(H,23,24). The van der Waals surface area contributed by atoms with Gasteiger partial charge >= 0.3 is 5.97 Å². The maximum Gasteiger partial charge on any atom is 0.322 e. The Kier molecular flexibility index (Phi) is 6.92. The van der Waals surface area contributed by atoms with Crippen LogP contribution in [0.2, 0.25) is 0 Å². The molecule has 3 amide bonds. The molecule has 0 radical (unpaired) electrons. The highest BCUT2D eigenvalue weighted by molar-refractivity contribution is 5.97. The van der Waals surface area contributed by atoms with Gasteiger partial charge in [-0.3, -0.25) is 19.2 Å². The van der Waals surface area contributed by atoms with E-state index in [4.69, 9.17) is 5.11 Å². The number of anilines is 1. The molecular weight excluding hydrogens is 350 g/mol. The Bertz CT molecular complexity index is 707. The number of likely N-dealkylation sites (tertiary alicyclic amines) is 1. The summed E-state index contributed by atoms with van der Waals surface area (Å²) in [6.07, 6.45) is 1.25. The van der Waals surface area contributed by atoms with Gasteiger partial charge in [0, 0.05) is 36.2 Å². The van der Waals surface area contributed by atoms with Crippen molar-refractivity contribution in [2.24, 2.45) is 11.8 Å². The Labute approximate surface area is 157 Å². The summed E-state index contributed by atoms with van der Waals surface area (Å²) in [5, 5.41) is 13.7. The smallest absolute Gasteiger partial charge is 0.322 e. The summed E-state index contributed by atoms with van der Waals surface area (Å²) in [6.45, 7) is 4.45. The fraction of sp³-hybridized carbons (Fsp3) is 0.474. The lowest BCUT2D eigenvalue weighted by Gasteiger charge is -2.32. The van der Waals surface area contributed by atoms with Crippen LogP contribution in [0.25, 0.3) is 0 Å². The van der Waals surface area contributed by atoms with Crippen molar-refractivity contribution in [1.29, 1.82) is 0 Å². The van der Waals surface area contributed by atoms with Gasteiger partial charge in [0.25, 0.3) is 5.91 Å². The highest BCUT2D eigenvalue weighted by Crippen LogP contribution is 2.21. The van der Waals surface area contributed by atoms with E-state index in [0.717, 1.165) is 0 Å². The lowest BCUT2D eigenvalue weighted by molar-refractivity contribution is -0.137. The van der Waals surface area contributed by atoms with Gasteiger partial charge in [-0.25, -0.2) is 0 Å². The van der Waals surface area contributed by atoms with E-state index in [1.54, 1.807) is 17.0 Å². The molecule has 8 heteroatoms. The molecule has 1 aliphatic rings. The number of hydrogen-bond acceptors (Lipinski definition) is 4. The number of amides is 3. The van der Waals surface area contributed by atoms with Crippen molar-refractivity contribution in [3.8, 4) is 0 Å². The first-order valence-corrected chi connectivity index (χ1v) is 8.97. The highest BCUT2D eigenvalue weighted by atomic mass is 16.4. The third-order valence-electron chi connectivity index (χ3n) is 4.49. The summed E-state index contributed by atoms with van der Waals surface area (Å²) < 4.78 is 0. The van der Waals surface area contributed by atoms with E-state index in [1.165, 1.54) is 12.1 Å². The average molecular weight is 375 g/mol. The zero-order chi connectivity index (χ0) is 20.0. The molecule has 0 saturated carbocycles. The van der Waals surface area contributed by atoms with Gasteiger partial charge in [-0.05, 0) is 37.1 Å². The van der Waals surface area contributed by atoms with E-state index in [0.29, 0.717) is 37.2 Å². The molecule has 0 bridgehead atoms. The number of carboxylic acids is 1. The van der Waals surface area contributed by atoms with Crippen molar-refractivity contribution in [3.63, 3.8) is 0 Å². The molecule has 0 aromatic heterocycles. The molecule has 3 N–H and O–H groups in total. The molecule has 2 rings (SSSR count). The second-order valence-electron chi connectivity index (χ2n) is 6.90. The monoisotopic (exact) mass is 375 g/mol. The minimum absolute atomic E-state index is 0.0402. The summed E-state index contributed by atoms with van der Waals surface area (Å²) in [6, 6.07) is 6.25. The zero-order valence-corrected chi connectivity index (χ0v) is 15.5. The normalized spacial score (nSPS) is 14.7. The molecule has 0 unspecified atom stereocenters. The van der Waals surface area contributed by atoms with E-state index in [9.17, 15) is 19.2 Å². The molecule has 0 spiro atoms. The number of piperidine rings is 1. The quantitative estimate of drug-likeness (QED) is 0.694. The van der Waals surface area contributed by atoms with Crippen LogP contribution in [0, 0.1) is 11.8 Å². The third-order valence-corrected chi connectivity index (χ3v) is 4.49. The van der Waals surface area contributed by atoms with Crippen LogP contribution in [0.5, 0.6) is 0 Å². The number of nitrogens with zero attached hydrogens (tertiary/aromatic N) is 1. The number of carbonyl (C=O) groups is 4. The number of benzene rings is 1. The molecule has 1 aromatic rings. The molecular formula is C19H25N3O5. The lowest BCUT2D eigenvalue weighted by atomic mass is 9.95. The highest BCUT2D eigenvalue weighted by Gasteiger charge is 2.28. The number of nitrogens with one attached hydrogen (secondary N) is 2. The molecule has 27 heavy (non-hydrogen) atoms. The van der Waals surface area contributed by atoms with Gasteiger partial charge in [0.1, 0.15) is 6.54 Å². The van der Waals surface area contributed by atoms with Crippen molar-refractivity contribution in [2.45, 2.75) is 26.7 Å². The van der Waals surface area contributed by atoms with Crippen molar-refractivity contribution in [1.82, 2.24) is 10.2 Å². The minimum Gasteiger partial charge on any atom is -0.480 e. The minimum atomic E-state index is -1.12. The van der Waals surface area contributed by atoms with Gasteiger partial charge in [0.2, 0.25) is 11.8 Å². The molecule has 8 nitrogen and oxygen atoms in total. The fourth-order valence-corrected chi connectivity index (χ4v) is 2.93. The summed E-state index contributed by atoms with van der Waals surface area (Å²) in [4.78, 5) is 48.5. The Morgan fingerprint density at radius 2 is 1.70 bits per heavy atom. The average Bonchev–Trinajstić information content (AvgIpc) is 2.66. The van der Waals surface area contributed by atoms with Crippen molar-refractivity contribution < 1.29 is 24.3 Å². The van der Waals surface area contributed by atoms with Crippen LogP contribution in [0.1, 0.15) is 37.0 Å². The summed E-state index contributed by atoms with van der Waals surface area (Å²) in [7, 11) is 0. The van der Waals surface area contributed by atoms with Gasteiger partial charge in [-0.1, -0.05) is 13.8 Å². The summed E-state index contributed by atoms with van der Waals surface area (Å²) >= 11 is 0. The molecule has 0 aliphatic carbocycles. The summed E-state index contributed by atoms with van der Waals surface area (Å²) in [5.41, 5.74) is 0.880. The van der Waals surface area contributed by atoms with E-state index in [1.807, 2.05) is 13.8 Å². The van der Waals surface area contributed by atoms with E-state index < -0.39 is 18.4 Å². The first kappa shape index (κ1) is 20.4. The molecule has 0 atom stereocenters. The van der Waals surface area contributed by atoms with Crippen LogP contribution >= 0.6 is 0 Å². The zero-order valence-electron chi connectivity index (χ0n) is 15.5. The number of rotatable bonds is 6. The molecule has 146 valence electrons. The number of carbonyl (C=O) groups excluding carboxylic acids is 3. The van der Waals surface area contributed by atoms with E-state index >= 15 is 0 Å². The molecule has 1 fully saturated rings. The Morgan fingerprint density at radius 3 is 2.22 bits per heavy atom. The van der Waals surface area contributed by atoms with Gasteiger partial charge in [0.15, 0.2) is 0 Å². The van der Waals surface area contributed by atoms with Crippen LogP contribution in [-0.4, -0.2) is 53.3 Å². The van der Waals surface area contributed by atoms with Gasteiger partial charge < -0.3 is 20.6 Å². The fourth-order valence-electron chi connectivity index (χ4n) is 2.93. The van der Waals surface area contributed by atoms with E-state index in [2.05, 4.69) is 10.6 Å². The second-order valence-corrected chi connectivity index (χ2v) is 6.90. The Morgan fingerprint density at radius 1 is 1.11 bits per heavy atom. The second kappa shape index (κ2) is 9.16. The first-order chi connectivity index (χ1) is 12.8. The topological polar surface area (TPSA) is 116 Å². The SMILES string of the molecule is CC(C)C(=O)N1CCC(C(=O)Nc2ccc(C(=O)NCC(=O)O)cc2)CC1. The predicted octanol–water partition coefficient (Wildman–Crippen LogP) is 1.33. The largest absolute Gasteiger partial charge is 0.480 e. The van der Waals surface area contributed by atoms with Crippen LogP contribution in [-0.2, 0) is 14.4 Å². The van der Waals surface area contributed by atoms with Crippen molar-refractivity contribution in [3.05, 3.63) is 29.8 Å². The number of carboxylic acid groups (broad SMARTS) is 1. The van der Waals surface area contributed by atoms with Gasteiger partial charge in [0.05, 0.1) is 0 Å². The first-order valence-electron chi connectivity index (χ1n) is 8.97. The van der Waals surface area contributed by atoms with Crippen molar-refractivity contribution >= 4 is 29.4 Å². The Balaban J connectivity index is 1.85. The molecule has 1 aliphatic heterocycles. The van der Waals surface area contributed by atoms with Crippen molar-refractivity contribution in [2.75, 3.05) is 25.0 Å². The predicted molar refractivity (Wildman–Crippen MR) is 99.2 cm³/mol. The third kappa shape index (κ3) is 5.80. The van der Waals surface area contributed by atoms with E-state index in [-0.39, 0.29) is 23.7 Å². The number of aliphatic carboxylic acids is 1. The molecule has 1 aromatic carbocycles. The molecule has 1 heterocycles. The molecule has 1 saturated heterocycles. The van der Waals surface area contributed by atoms with Gasteiger partial charge in [-0.15, -0.1) is 0 Å². The van der Waals surface area contributed by atoms with Gasteiger partial charge in [-0.2, -0.15) is 0 Å². The maximum atomic E-state index is 12.4. The van der Waals surface area contributed by atoms with Crippen LogP contribution in [0.3, 0.4) is 0 Å². The maximum absolute atomic E-state index is 12.4. The Hall–Kier alpha value is -2.90. The number of hydrogen-bond donors (Lipinski definition) is 3. The summed E-state index contributed by atoms with van der Waals surface area (Å²) in [5.74, 6) is -1.78. The van der Waals surface area contributed by atoms with Crippen LogP contribution < -0.4 is 10.6 Å². The van der Waals surface area contributed by atoms with Crippen LogP contribution in [0.4, 0.5) is 5.69 Å². The van der Waals surface area contributed by atoms with Crippen LogP contribution in [0.15, 0.2) is 24.3 Å². The lowest BCUT2D eigenvalue weighted by Crippen LogP contribution is -2.43.